The van der Waals surface area contributed by atoms with Gasteiger partial charge >= 0.3 is 0 Å². The highest BCUT2D eigenvalue weighted by molar-refractivity contribution is 6.26. The summed E-state index contributed by atoms with van der Waals surface area (Å²) >= 11 is 0. The molecule has 4 nitrogen and oxygen atoms in total. The molecule has 3 aromatic heterocycles. The molecule has 0 N–H and O–H groups in total. The van der Waals surface area contributed by atoms with Crippen LogP contribution in [0.3, 0.4) is 0 Å². The molecule has 0 bridgehead atoms. The molecular weight excluding hydrogens is 639 g/mol. The fourth-order valence-electron chi connectivity index (χ4n) is 7.89. The van der Waals surface area contributed by atoms with Crippen LogP contribution < -0.4 is 4.90 Å². The van der Waals surface area contributed by atoms with Gasteiger partial charge in [0.25, 0.3) is 0 Å². The maximum atomic E-state index is 6.48. The van der Waals surface area contributed by atoms with E-state index in [1.54, 1.807) is 0 Å². The Morgan fingerprint density at radius 2 is 0.808 bits per heavy atom. The van der Waals surface area contributed by atoms with E-state index in [4.69, 9.17) is 13.3 Å². The van der Waals surface area contributed by atoms with E-state index in [-0.39, 0.29) is 0 Å². The predicted octanol–water partition coefficient (Wildman–Crippen LogP) is 14.2. The first-order valence-corrected chi connectivity index (χ1v) is 17.5. The summed E-state index contributed by atoms with van der Waals surface area (Å²) in [5.41, 5.74) is 12.9. The van der Waals surface area contributed by atoms with Gasteiger partial charge < -0.3 is 18.2 Å². The Hall–Kier alpha value is -7.04. The van der Waals surface area contributed by atoms with Crippen LogP contribution in [0.5, 0.6) is 0 Å². The first kappa shape index (κ1) is 28.8. The highest BCUT2D eigenvalue weighted by Gasteiger charge is 2.21. The summed E-state index contributed by atoms with van der Waals surface area (Å²) in [6, 6.07) is 61.4. The van der Waals surface area contributed by atoms with Crippen LogP contribution in [-0.2, 0) is 0 Å². The third-order valence-electron chi connectivity index (χ3n) is 10.3. The maximum Gasteiger partial charge on any atom is 0.137 e. The number of benzene rings is 8. The number of hydrogen-bond donors (Lipinski definition) is 0. The Bertz CT molecular complexity index is 3130. The van der Waals surface area contributed by atoms with Gasteiger partial charge in [0.1, 0.15) is 33.5 Å². The van der Waals surface area contributed by atoms with E-state index in [1.807, 2.05) is 36.4 Å². The smallest absolute Gasteiger partial charge is 0.137 e. The third-order valence-corrected chi connectivity index (χ3v) is 10.3. The Labute approximate surface area is 298 Å². The van der Waals surface area contributed by atoms with Gasteiger partial charge in [0, 0.05) is 38.3 Å². The van der Waals surface area contributed by atoms with E-state index >= 15 is 0 Å². The van der Waals surface area contributed by atoms with Crippen molar-refractivity contribution in [3.8, 4) is 22.3 Å². The summed E-state index contributed by atoms with van der Waals surface area (Å²) < 4.78 is 19.0. The Kier molecular flexibility index (Phi) is 6.22. The SMILES string of the molecule is c1ccc(-c2cccc(N(c3ccc(-c4ccc5c(c4)oc4ccc6oc7ccccc7c6c45)cc3)c3cccc4oc5ccccc5c34)c2)cc1. The number of hydrogen-bond acceptors (Lipinski definition) is 4. The van der Waals surface area contributed by atoms with Crippen LogP contribution in [0.4, 0.5) is 17.1 Å². The zero-order valence-electron chi connectivity index (χ0n) is 27.9. The molecule has 0 saturated heterocycles. The topological polar surface area (TPSA) is 42.7 Å². The minimum Gasteiger partial charge on any atom is -0.456 e. The van der Waals surface area contributed by atoms with E-state index in [0.717, 1.165) is 99.6 Å². The molecule has 0 radical (unpaired) electrons. The predicted molar refractivity (Wildman–Crippen MR) is 214 cm³/mol. The molecule has 4 heteroatoms. The van der Waals surface area contributed by atoms with Gasteiger partial charge in [-0.25, -0.2) is 0 Å². The summed E-state index contributed by atoms with van der Waals surface area (Å²) in [6.07, 6.45) is 0. The van der Waals surface area contributed by atoms with Crippen molar-refractivity contribution in [2.45, 2.75) is 0 Å². The second-order valence-electron chi connectivity index (χ2n) is 13.3. The van der Waals surface area contributed by atoms with Crippen LogP contribution in [0.1, 0.15) is 0 Å². The van der Waals surface area contributed by atoms with E-state index in [1.165, 1.54) is 5.56 Å². The van der Waals surface area contributed by atoms with Crippen LogP contribution in [0.2, 0.25) is 0 Å². The zero-order valence-corrected chi connectivity index (χ0v) is 27.9. The molecule has 0 unspecified atom stereocenters. The molecule has 0 aliphatic rings. The molecule has 0 amide bonds. The second kappa shape index (κ2) is 11.2. The lowest BCUT2D eigenvalue weighted by Crippen LogP contribution is -2.10. The number of fused-ring (bicyclic) bond motifs is 10. The summed E-state index contributed by atoms with van der Waals surface area (Å²) in [7, 11) is 0. The van der Waals surface area contributed by atoms with Crippen molar-refractivity contribution in [1.82, 2.24) is 0 Å². The number of nitrogens with zero attached hydrogens (tertiary/aromatic N) is 1. The quantitative estimate of drug-likeness (QED) is 0.183. The Balaban J connectivity index is 1.05. The molecule has 0 saturated carbocycles. The number of para-hydroxylation sites is 2. The molecule has 3 heterocycles. The molecule has 0 spiro atoms. The number of rotatable bonds is 5. The summed E-state index contributed by atoms with van der Waals surface area (Å²) in [5.74, 6) is 0. The standard InChI is InChI=1S/C48H29NO3/c1-2-10-30(11-3-1)32-12-8-13-35(28-32)49(39-16-9-19-42-46(39)36-14-4-6-17-40(36)50-42)34-23-20-31(21-24-34)33-22-25-38-45(29-33)52-44-27-26-43-47(48(38)44)37-15-5-7-18-41(37)51-43/h1-29H. The van der Waals surface area contributed by atoms with Crippen molar-refractivity contribution in [2.75, 3.05) is 4.90 Å². The normalized spacial score (nSPS) is 11.8. The molecular formula is C48H29NO3. The summed E-state index contributed by atoms with van der Waals surface area (Å²) in [4.78, 5) is 2.34. The van der Waals surface area contributed by atoms with Gasteiger partial charge in [-0.05, 0) is 95.1 Å². The maximum absolute atomic E-state index is 6.48. The monoisotopic (exact) mass is 667 g/mol. The largest absolute Gasteiger partial charge is 0.456 e. The average molecular weight is 668 g/mol. The van der Waals surface area contributed by atoms with Crippen molar-refractivity contribution in [3.63, 3.8) is 0 Å². The molecule has 244 valence electrons. The number of furan rings is 3. The lowest BCUT2D eigenvalue weighted by atomic mass is 10.0. The van der Waals surface area contributed by atoms with Crippen molar-refractivity contribution in [1.29, 1.82) is 0 Å². The molecule has 52 heavy (non-hydrogen) atoms. The van der Waals surface area contributed by atoms with Gasteiger partial charge in [-0.3, -0.25) is 0 Å². The van der Waals surface area contributed by atoms with Crippen molar-refractivity contribution in [3.05, 3.63) is 176 Å². The molecule has 11 aromatic rings. The molecule has 11 rings (SSSR count). The molecule has 0 fully saturated rings. The van der Waals surface area contributed by atoms with E-state index in [0.29, 0.717) is 0 Å². The lowest BCUT2D eigenvalue weighted by Gasteiger charge is -2.27. The second-order valence-corrected chi connectivity index (χ2v) is 13.3. The summed E-state index contributed by atoms with van der Waals surface area (Å²) in [6.45, 7) is 0. The lowest BCUT2D eigenvalue weighted by molar-refractivity contribution is 0.663. The fourth-order valence-corrected chi connectivity index (χ4v) is 7.89. The van der Waals surface area contributed by atoms with Crippen LogP contribution in [-0.4, -0.2) is 0 Å². The van der Waals surface area contributed by atoms with Crippen molar-refractivity contribution >= 4 is 82.9 Å². The minimum atomic E-state index is 0.854. The summed E-state index contributed by atoms with van der Waals surface area (Å²) in [5, 5.41) is 6.55. The first-order valence-electron chi connectivity index (χ1n) is 17.5. The molecule has 0 aliphatic carbocycles. The first-order chi connectivity index (χ1) is 25.8. The molecule has 0 aliphatic heterocycles. The zero-order chi connectivity index (χ0) is 34.2. The van der Waals surface area contributed by atoms with Gasteiger partial charge in [-0.15, -0.1) is 0 Å². The molecule has 0 atom stereocenters. The van der Waals surface area contributed by atoms with Crippen LogP contribution >= 0.6 is 0 Å². The third kappa shape index (κ3) is 4.41. The number of anilines is 3. The van der Waals surface area contributed by atoms with Crippen LogP contribution in [0.25, 0.3) is 88.1 Å². The fraction of sp³-hybridized carbons (Fsp3) is 0. The van der Waals surface area contributed by atoms with Crippen LogP contribution in [0, 0.1) is 0 Å². The van der Waals surface area contributed by atoms with Crippen molar-refractivity contribution < 1.29 is 13.3 Å². The van der Waals surface area contributed by atoms with Gasteiger partial charge in [0.15, 0.2) is 0 Å². The highest BCUT2D eigenvalue weighted by Crippen LogP contribution is 2.45. The van der Waals surface area contributed by atoms with Gasteiger partial charge in [-0.2, -0.15) is 0 Å². The van der Waals surface area contributed by atoms with E-state index < -0.39 is 0 Å². The molecule has 8 aromatic carbocycles. The van der Waals surface area contributed by atoms with E-state index in [2.05, 4.69) is 144 Å². The highest BCUT2D eigenvalue weighted by atomic mass is 16.3. The van der Waals surface area contributed by atoms with Gasteiger partial charge in [-0.1, -0.05) is 103 Å². The van der Waals surface area contributed by atoms with E-state index in [9.17, 15) is 0 Å². The van der Waals surface area contributed by atoms with Crippen LogP contribution in [0.15, 0.2) is 189 Å². The van der Waals surface area contributed by atoms with Gasteiger partial charge in [0.2, 0.25) is 0 Å². The van der Waals surface area contributed by atoms with Crippen molar-refractivity contribution in [2.24, 2.45) is 0 Å². The Morgan fingerprint density at radius 1 is 0.288 bits per heavy atom. The minimum absolute atomic E-state index is 0.854. The van der Waals surface area contributed by atoms with Gasteiger partial charge in [0.05, 0.1) is 11.1 Å². The Morgan fingerprint density at radius 3 is 1.56 bits per heavy atom. The average Bonchev–Trinajstić information content (AvgIpc) is 3.90.